The molecule has 0 aromatic rings. The molecule has 108 valence electrons. The largest absolute Gasteiger partial charge is 0.314 e. The summed E-state index contributed by atoms with van der Waals surface area (Å²) in [6, 6.07) is 0.799. The van der Waals surface area contributed by atoms with Crippen molar-refractivity contribution in [2.45, 2.75) is 79.2 Å². The Kier molecular flexibility index (Phi) is 7.29. The van der Waals surface area contributed by atoms with E-state index in [9.17, 15) is 0 Å². The van der Waals surface area contributed by atoms with Crippen LogP contribution in [0.3, 0.4) is 0 Å². The molecule has 4 unspecified atom stereocenters. The molecule has 0 aromatic heterocycles. The fourth-order valence-electron chi connectivity index (χ4n) is 3.94. The van der Waals surface area contributed by atoms with Crippen molar-refractivity contribution in [3.63, 3.8) is 0 Å². The fraction of sp³-hybridized carbons (Fsp3) is 1.00. The summed E-state index contributed by atoms with van der Waals surface area (Å²) in [5.74, 6) is 3.67. The van der Waals surface area contributed by atoms with E-state index in [1.54, 1.807) is 0 Å². The summed E-state index contributed by atoms with van der Waals surface area (Å²) in [6.07, 6.45) is 8.54. The van der Waals surface area contributed by atoms with Gasteiger partial charge in [0.1, 0.15) is 0 Å². The highest BCUT2D eigenvalue weighted by molar-refractivity contribution is 4.85. The highest BCUT2D eigenvalue weighted by Gasteiger charge is 2.30. The molecule has 1 saturated carbocycles. The van der Waals surface area contributed by atoms with Crippen LogP contribution in [0.15, 0.2) is 0 Å². The molecule has 1 nitrogen and oxygen atoms in total. The molecule has 1 rings (SSSR count). The quantitative estimate of drug-likeness (QED) is 0.683. The van der Waals surface area contributed by atoms with Crippen molar-refractivity contribution in [2.75, 3.05) is 6.54 Å². The summed E-state index contributed by atoms with van der Waals surface area (Å²) in [7, 11) is 0. The predicted molar refractivity (Wildman–Crippen MR) is 81.8 cm³/mol. The van der Waals surface area contributed by atoms with E-state index >= 15 is 0 Å². The molecule has 1 aliphatic carbocycles. The van der Waals surface area contributed by atoms with Gasteiger partial charge in [-0.15, -0.1) is 0 Å². The summed E-state index contributed by atoms with van der Waals surface area (Å²) in [5, 5.41) is 3.74. The van der Waals surface area contributed by atoms with Gasteiger partial charge in [0.2, 0.25) is 0 Å². The minimum atomic E-state index is 0.799. The third kappa shape index (κ3) is 5.30. The van der Waals surface area contributed by atoms with Gasteiger partial charge in [-0.25, -0.2) is 0 Å². The molecular weight excluding hydrogens is 218 g/mol. The molecular formula is C17H35N. The summed E-state index contributed by atoms with van der Waals surface area (Å²) >= 11 is 0. The second-order valence-electron chi connectivity index (χ2n) is 6.98. The summed E-state index contributed by atoms with van der Waals surface area (Å²) in [6.45, 7) is 12.9. The van der Waals surface area contributed by atoms with E-state index in [0.29, 0.717) is 0 Å². The molecule has 0 bridgehead atoms. The molecule has 18 heavy (non-hydrogen) atoms. The lowest BCUT2D eigenvalue weighted by Gasteiger charge is -2.38. The zero-order valence-electron chi connectivity index (χ0n) is 13.3. The van der Waals surface area contributed by atoms with Crippen LogP contribution in [0.1, 0.15) is 73.1 Å². The molecule has 1 N–H and O–H groups in total. The van der Waals surface area contributed by atoms with Crippen LogP contribution in [-0.2, 0) is 0 Å². The number of rotatable bonds is 7. The van der Waals surface area contributed by atoms with Gasteiger partial charge in [0.25, 0.3) is 0 Å². The monoisotopic (exact) mass is 253 g/mol. The van der Waals surface area contributed by atoms with Crippen LogP contribution in [0.4, 0.5) is 0 Å². The highest BCUT2D eigenvalue weighted by Crippen LogP contribution is 2.36. The number of hydrogen-bond acceptors (Lipinski definition) is 1. The standard InChI is InChI=1S/C17H35N/c1-6-15-8-9-17(18-7-2)16(12-15)11-14(5)10-13(3)4/h13-18H,6-12H2,1-5H3. The summed E-state index contributed by atoms with van der Waals surface area (Å²) in [5.41, 5.74) is 0. The van der Waals surface area contributed by atoms with Gasteiger partial charge in [-0.2, -0.15) is 0 Å². The van der Waals surface area contributed by atoms with E-state index in [1.807, 2.05) is 0 Å². The van der Waals surface area contributed by atoms with Gasteiger partial charge in [0.15, 0.2) is 0 Å². The second kappa shape index (κ2) is 8.19. The molecule has 4 atom stereocenters. The van der Waals surface area contributed by atoms with Crippen LogP contribution in [-0.4, -0.2) is 12.6 Å². The van der Waals surface area contributed by atoms with E-state index in [0.717, 1.165) is 36.3 Å². The van der Waals surface area contributed by atoms with E-state index in [1.165, 1.54) is 38.5 Å². The Morgan fingerprint density at radius 3 is 2.39 bits per heavy atom. The second-order valence-corrected chi connectivity index (χ2v) is 6.98. The van der Waals surface area contributed by atoms with Gasteiger partial charge >= 0.3 is 0 Å². The number of hydrogen-bond donors (Lipinski definition) is 1. The third-order valence-electron chi connectivity index (χ3n) is 4.71. The highest BCUT2D eigenvalue weighted by atomic mass is 14.9. The molecule has 0 saturated heterocycles. The van der Waals surface area contributed by atoms with E-state index < -0.39 is 0 Å². The maximum atomic E-state index is 3.74. The molecule has 1 fully saturated rings. The Balaban J connectivity index is 2.49. The first-order valence-electron chi connectivity index (χ1n) is 8.30. The van der Waals surface area contributed by atoms with Gasteiger partial charge in [-0.3, -0.25) is 0 Å². The van der Waals surface area contributed by atoms with Crippen molar-refractivity contribution in [2.24, 2.45) is 23.7 Å². The maximum Gasteiger partial charge on any atom is 0.00955 e. The molecule has 0 heterocycles. The Labute approximate surface area is 115 Å². The molecule has 0 spiro atoms. The first-order valence-corrected chi connectivity index (χ1v) is 8.30. The topological polar surface area (TPSA) is 12.0 Å². The molecule has 1 aliphatic rings. The predicted octanol–water partition coefficient (Wildman–Crippen LogP) is 4.86. The van der Waals surface area contributed by atoms with Crippen molar-refractivity contribution >= 4 is 0 Å². The van der Waals surface area contributed by atoms with Crippen LogP contribution in [0, 0.1) is 23.7 Å². The van der Waals surface area contributed by atoms with Crippen molar-refractivity contribution in [3.8, 4) is 0 Å². The SMILES string of the molecule is CCNC1CCC(CC)CC1CC(C)CC(C)C. The van der Waals surface area contributed by atoms with Crippen LogP contribution in [0.2, 0.25) is 0 Å². The summed E-state index contributed by atoms with van der Waals surface area (Å²) in [4.78, 5) is 0. The minimum Gasteiger partial charge on any atom is -0.314 e. The molecule has 1 heteroatoms. The fourth-order valence-corrected chi connectivity index (χ4v) is 3.94. The molecule has 0 amide bonds. The van der Waals surface area contributed by atoms with Crippen molar-refractivity contribution in [1.29, 1.82) is 0 Å². The number of nitrogens with one attached hydrogen (secondary N) is 1. The van der Waals surface area contributed by atoms with Crippen molar-refractivity contribution in [3.05, 3.63) is 0 Å². The Hall–Kier alpha value is -0.0400. The van der Waals surface area contributed by atoms with E-state index in [2.05, 4.69) is 39.9 Å². The minimum absolute atomic E-state index is 0.799. The lowest BCUT2D eigenvalue weighted by Crippen LogP contribution is -2.41. The molecule has 0 aliphatic heterocycles. The van der Waals surface area contributed by atoms with E-state index in [4.69, 9.17) is 0 Å². The van der Waals surface area contributed by atoms with E-state index in [-0.39, 0.29) is 0 Å². The van der Waals surface area contributed by atoms with Crippen LogP contribution in [0.5, 0.6) is 0 Å². The van der Waals surface area contributed by atoms with Crippen LogP contribution in [0.25, 0.3) is 0 Å². The lowest BCUT2D eigenvalue weighted by molar-refractivity contribution is 0.168. The third-order valence-corrected chi connectivity index (χ3v) is 4.71. The molecule has 0 aromatic carbocycles. The van der Waals surface area contributed by atoms with Crippen molar-refractivity contribution in [1.82, 2.24) is 5.32 Å². The van der Waals surface area contributed by atoms with Gasteiger partial charge in [-0.05, 0) is 62.3 Å². The summed E-state index contributed by atoms with van der Waals surface area (Å²) < 4.78 is 0. The first-order chi connectivity index (χ1) is 8.56. The smallest absolute Gasteiger partial charge is 0.00955 e. The van der Waals surface area contributed by atoms with Crippen molar-refractivity contribution < 1.29 is 0 Å². The first kappa shape index (κ1) is 16.0. The zero-order valence-corrected chi connectivity index (χ0v) is 13.3. The van der Waals surface area contributed by atoms with Gasteiger partial charge in [0.05, 0.1) is 0 Å². The Morgan fingerprint density at radius 2 is 1.83 bits per heavy atom. The Morgan fingerprint density at radius 1 is 1.11 bits per heavy atom. The average Bonchev–Trinajstić information content (AvgIpc) is 2.30. The lowest BCUT2D eigenvalue weighted by atomic mass is 9.73. The van der Waals surface area contributed by atoms with Gasteiger partial charge in [0, 0.05) is 6.04 Å². The molecule has 0 radical (unpaired) electrons. The van der Waals surface area contributed by atoms with Crippen LogP contribution >= 0.6 is 0 Å². The average molecular weight is 253 g/mol. The zero-order chi connectivity index (χ0) is 13.5. The normalized spacial score (nSPS) is 30.7. The van der Waals surface area contributed by atoms with Gasteiger partial charge in [-0.1, -0.05) is 41.0 Å². The van der Waals surface area contributed by atoms with Gasteiger partial charge < -0.3 is 5.32 Å². The maximum absolute atomic E-state index is 3.74. The Bertz CT molecular complexity index is 212. The van der Waals surface area contributed by atoms with Crippen LogP contribution < -0.4 is 5.32 Å².